The average molecular weight is 318 g/mol. The number of amides is 2. The summed E-state index contributed by atoms with van der Waals surface area (Å²) in [6.07, 6.45) is 4.24. The number of urea groups is 1. The van der Waals surface area contributed by atoms with E-state index in [1.54, 1.807) is 0 Å². The lowest BCUT2D eigenvalue weighted by atomic mass is 10.1. The fourth-order valence-electron chi connectivity index (χ4n) is 3.09. The molecule has 1 saturated heterocycles. The first-order chi connectivity index (χ1) is 9.87. The second kappa shape index (κ2) is 6.64. The molecular weight excluding hydrogens is 296 g/mol. The van der Waals surface area contributed by atoms with Crippen molar-refractivity contribution in [2.45, 2.75) is 38.1 Å². The number of hydrogen-bond donors (Lipinski definition) is 2. The maximum Gasteiger partial charge on any atom is 0.323 e. The predicted octanol–water partition coefficient (Wildman–Crippen LogP) is 0.460. The summed E-state index contributed by atoms with van der Waals surface area (Å²) in [6, 6.07) is -0.415. The molecule has 8 heteroatoms. The van der Waals surface area contributed by atoms with Gasteiger partial charge in [-0.3, -0.25) is 4.79 Å². The molecule has 1 atom stereocenters. The van der Waals surface area contributed by atoms with Crippen LogP contribution in [-0.2, 0) is 14.6 Å². The minimum absolute atomic E-state index is 0.0200. The highest BCUT2D eigenvalue weighted by atomic mass is 32.2. The zero-order chi connectivity index (χ0) is 15.5. The van der Waals surface area contributed by atoms with Gasteiger partial charge in [0.15, 0.2) is 9.84 Å². The van der Waals surface area contributed by atoms with Crippen molar-refractivity contribution in [3.05, 3.63) is 0 Å². The third-order valence-electron chi connectivity index (χ3n) is 4.20. The van der Waals surface area contributed by atoms with Gasteiger partial charge in [-0.15, -0.1) is 0 Å². The van der Waals surface area contributed by atoms with Crippen LogP contribution in [0.1, 0.15) is 32.1 Å². The summed E-state index contributed by atoms with van der Waals surface area (Å²) in [5.41, 5.74) is 0. The van der Waals surface area contributed by atoms with Crippen LogP contribution < -0.4 is 5.32 Å². The number of carbonyl (C=O) groups excluding carboxylic acids is 1. The van der Waals surface area contributed by atoms with Gasteiger partial charge >= 0.3 is 12.0 Å². The molecule has 2 fully saturated rings. The lowest BCUT2D eigenvalue weighted by Crippen LogP contribution is -2.48. The van der Waals surface area contributed by atoms with Crippen LogP contribution in [0.3, 0.4) is 0 Å². The average Bonchev–Trinajstić information content (AvgIpc) is 3.02. The van der Waals surface area contributed by atoms with Crippen molar-refractivity contribution in [3.63, 3.8) is 0 Å². The third-order valence-corrected chi connectivity index (χ3v) is 6.04. The minimum atomic E-state index is -2.96. The van der Waals surface area contributed by atoms with E-state index in [2.05, 4.69) is 5.32 Å². The molecule has 7 nitrogen and oxygen atoms in total. The van der Waals surface area contributed by atoms with Crippen molar-refractivity contribution < 1.29 is 23.1 Å². The Labute approximate surface area is 124 Å². The lowest BCUT2D eigenvalue weighted by molar-refractivity contribution is -0.138. The number of rotatable bonds is 5. The molecule has 120 valence electrons. The summed E-state index contributed by atoms with van der Waals surface area (Å²) in [4.78, 5) is 24.5. The molecule has 1 aliphatic heterocycles. The topological polar surface area (TPSA) is 104 Å². The van der Waals surface area contributed by atoms with Gasteiger partial charge in [0.1, 0.15) is 6.54 Å². The molecule has 0 bridgehead atoms. The van der Waals surface area contributed by atoms with Crippen LogP contribution in [0.4, 0.5) is 4.79 Å². The Morgan fingerprint density at radius 3 is 2.38 bits per heavy atom. The van der Waals surface area contributed by atoms with Gasteiger partial charge in [-0.05, 0) is 25.2 Å². The molecule has 2 N–H and O–H groups in total. The molecule has 0 spiro atoms. The van der Waals surface area contributed by atoms with Crippen molar-refractivity contribution in [3.8, 4) is 0 Å². The van der Waals surface area contributed by atoms with Crippen LogP contribution in [0.15, 0.2) is 0 Å². The molecule has 0 aromatic heterocycles. The Hall–Kier alpha value is -1.31. The number of carboxylic acids is 1. The second-order valence-electron chi connectivity index (χ2n) is 5.92. The Kier molecular flexibility index (Phi) is 5.08. The molecule has 1 aliphatic carbocycles. The van der Waals surface area contributed by atoms with Gasteiger partial charge in [0.05, 0.1) is 11.5 Å². The fraction of sp³-hybridized carbons (Fsp3) is 0.846. The molecule has 0 radical (unpaired) electrons. The monoisotopic (exact) mass is 318 g/mol. The predicted molar refractivity (Wildman–Crippen MR) is 76.8 cm³/mol. The van der Waals surface area contributed by atoms with E-state index in [9.17, 15) is 18.0 Å². The maximum atomic E-state index is 12.2. The largest absolute Gasteiger partial charge is 0.480 e. The van der Waals surface area contributed by atoms with Crippen molar-refractivity contribution in [1.29, 1.82) is 0 Å². The van der Waals surface area contributed by atoms with Crippen molar-refractivity contribution in [2.75, 3.05) is 24.6 Å². The number of carbonyl (C=O) groups is 2. The van der Waals surface area contributed by atoms with E-state index < -0.39 is 21.8 Å². The quantitative estimate of drug-likeness (QED) is 0.766. The second-order valence-corrected chi connectivity index (χ2v) is 8.14. The summed E-state index contributed by atoms with van der Waals surface area (Å²) in [6.45, 7) is -0.0135. The fourth-order valence-corrected chi connectivity index (χ4v) is 4.96. The molecule has 1 heterocycles. The molecule has 2 aliphatic rings. The minimum Gasteiger partial charge on any atom is -0.480 e. The van der Waals surface area contributed by atoms with Crippen molar-refractivity contribution in [1.82, 2.24) is 10.2 Å². The molecule has 2 amide bonds. The molecule has 1 saturated carbocycles. The standard InChI is InChI=1S/C13H22N2O5S/c16-12(17)8-15(11-3-1-2-4-11)13(18)14-7-10-5-6-21(19,20)9-10/h10-11H,1-9H2,(H,14,18)(H,16,17). The van der Waals surface area contributed by atoms with E-state index in [1.807, 2.05) is 0 Å². The van der Waals surface area contributed by atoms with E-state index in [-0.39, 0.29) is 30.0 Å². The van der Waals surface area contributed by atoms with Gasteiger partial charge < -0.3 is 15.3 Å². The van der Waals surface area contributed by atoms with Gasteiger partial charge in [-0.2, -0.15) is 0 Å². The first kappa shape index (κ1) is 16.1. The molecule has 0 aromatic carbocycles. The number of hydrogen-bond acceptors (Lipinski definition) is 4. The van der Waals surface area contributed by atoms with Crippen LogP contribution in [0.2, 0.25) is 0 Å². The lowest BCUT2D eigenvalue weighted by Gasteiger charge is -2.28. The van der Waals surface area contributed by atoms with E-state index in [0.29, 0.717) is 13.0 Å². The first-order valence-corrected chi connectivity index (χ1v) is 9.16. The van der Waals surface area contributed by atoms with Crippen LogP contribution in [0.25, 0.3) is 0 Å². The number of carboxylic acid groups (broad SMARTS) is 1. The van der Waals surface area contributed by atoms with Crippen molar-refractivity contribution in [2.24, 2.45) is 5.92 Å². The van der Waals surface area contributed by atoms with E-state index in [1.165, 1.54) is 4.90 Å². The first-order valence-electron chi connectivity index (χ1n) is 7.34. The maximum absolute atomic E-state index is 12.2. The normalized spacial score (nSPS) is 24.9. The zero-order valence-corrected chi connectivity index (χ0v) is 12.8. The van der Waals surface area contributed by atoms with Gasteiger partial charge in [0.25, 0.3) is 0 Å². The summed E-state index contributed by atoms with van der Waals surface area (Å²) in [5.74, 6) is -0.806. The van der Waals surface area contributed by atoms with Crippen LogP contribution in [-0.4, -0.2) is 61.1 Å². The van der Waals surface area contributed by atoms with E-state index >= 15 is 0 Å². The number of aliphatic carboxylic acids is 1. The molecule has 21 heavy (non-hydrogen) atoms. The molecule has 2 rings (SSSR count). The molecule has 1 unspecified atom stereocenters. The summed E-state index contributed by atoms with van der Waals surface area (Å²) in [7, 11) is -2.96. The summed E-state index contributed by atoms with van der Waals surface area (Å²) < 4.78 is 22.7. The van der Waals surface area contributed by atoms with Gasteiger partial charge in [-0.25, -0.2) is 13.2 Å². The van der Waals surface area contributed by atoms with E-state index in [4.69, 9.17) is 5.11 Å². The van der Waals surface area contributed by atoms with Gasteiger partial charge in [0, 0.05) is 12.6 Å². The Morgan fingerprint density at radius 1 is 1.19 bits per heavy atom. The summed E-state index contributed by atoms with van der Waals surface area (Å²) in [5, 5.41) is 11.6. The van der Waals surface area contributed by atoms with Crippen LogP contribution in [0.5, 0.6) is 0 Å². The Balaban J connectivity index is 1.87. The van der Waals surface area contributed by atoms with Crippen LogP contribution in [0, 0.1) is 5.92 Å². The number of sulfone groups is 1. The molecule has 0 aromatic rings. The molecular formula is C13H22N2O5S. The highest BCUT2D eigenvalue weighted by Gasteiger charge is 2.31. The van der Waals surface area contributed by atoms with Crippen molar-refractivity contribution >= 4 is 21.8 Å². The SMILES string of the molecule is O=C(O)CN(C(=O)NCC1CCS(=O)(=O)C1)C1CCCC1. The number of nitrogens with one attached hydrogen (secondary N) is 1. The van der Waals surface area contributed by atoms with Gasteiger partial charge in [0.2, 0.25) is 0 Å². The smallest absolute Gasteiger partial charge is 0.323 e. The summed E-state index contributed by atoms with van der Waals surface area (Å²) >= 11 is 0. The third kappa shape index (κ3) is 4.59. The van der Waals surface area contributed by atoms with Gasteiger partial charge in [-0.1, -0.05) is 12.8 Å². The highest BCUT2D eigenvalue weighted by Crippen LogP contribution is 2.23. The Bertz CT molecular complexity index is 499. The van der Waals surface area contributed by atoms with E-state index in [0.717, 1.165) is 25.7 Å². The number of nitrogens with zero attached hydrogens (tertiary/aromatic N) is 1. The Morgan fingerprint density at radius 2 is 1.86 bits per heavy atom. The highest BCUT2D eigenvalue weighted by molar-refractivity contribution is 7.91. The zero-order valence-electron chi connectivity index (χ0n) is 12.0. The van der Waals surface area contributed by atoms with Crippen LogP contribution >= 0.6 is 0 Å².